The van der Waals surface area contributed by atoms with Gasteiger partial charge in [-0.2, -0.15) is 0 Å². The molecule has 8 heteroatoms. The van der Waals surface area contributed by atoms with Crippen LogP contribution in [0, 0.1) is 6.92 Å². The third-order valence-electron chi connectivity index (χ3n) is 5.18. The van der Waals surface area contributed by atoms with Gasteiger partial charge in [0.1, 0.15) is 22.9 Å². The lowest BCUT2D eigenvalue weighted by molar-refractivity contribution is -0.114. The lowest BCUT2D eigenvalue weighted by atomic mass is 10.1. The lowest BCUT2D eigenvalue weighted by Crippen LogP contribution is -2.38. The molecule has 0 fully saturated rings. The van der Waals surface area contributed by atoms with Crippen LogP contribution in [0.4, 0.5) is 11.4 Å². The van der Waals surface area contributed by atoms with Crippen LogP contribution < -0.4 is 19.1 Å². The van der Waals surface area contributed by atoms with E-state index in [4.69, 9.17) is 9.47 Å². The highest BCUT2D eigenvalue weighted by Gasteiger charge is 2.30. The number of ether oxygens (including phenoxy) is 2. The molecule has 3 rings (SSSR count). The summed E-state index contributed by atoms with van der Waals surface area (Å²) >= 11 is 0. The fraction of sp³-hybridized carbons (Fsp3) is 0.240. The fourth-order valence-corrected chi connectivity index (χ4v) is 4.99. The molecule has 1 N–H and O–H groups in total. The van der Waals surface area contributed by atoms with Gasteiger partial charge in [-0.15, -0.1) is 0 Å². The molecule has 0 unspecified atom stereocenters. The summed E-state index contributed by atoms with van der Waals surface area (Å²) < 4.78 is 39.0. The van der Waals surface area contributed by atoms with Gasteiger partial charge in [-0.05, 0) is 73.0 Å². The van der Waals surface area contributed by atoms with Crippen molar-refractivity contribution in [2.45, 2.75) is 25.2 Å². The van der Waals surface area contributed by atoms with Crippen molar-refractivity contribution in [1.82, 2.24) is 0 Å². The molecule has 0 radical (unpaired) electrons. The lowest BCUT2D eigenvalue weighted by Gasteiger charge is -2.25. The molecule has 174 valence electrons. The van der Waals surface area contributed by atoms with Crippen molar-refractivity contribution < 1.29 is 22.7 Å². The molecular weight excluding hydrogens is 440 g/mol. The number of benzene rings is 3. The summed E-state index contributed by atoms with van der Waals surface area (Å²) in [6.07, 6.45) is 0.885. The molecule has 3 aromatic carbocycles. The van der Waals surface area contributed by atoms with Crippen LogP contribution in [-0.4, -0.2) is 35.1 Å². The molecule has 0 atom stereocenters. The molecule has 0 spiro atoms. The summed E-state index contributed by atoms with van der Waals surface area (Å²) in [5.41, 5.74) is 2.82. The average Bonchev–Trinajstić information content (AvgIpc) is 2.83. The molecule has 0 bridgehead atoms. The Balaban J connectivity index is 1.98. The minimum atomic E-state index is -4.13. The van der Waals surface area contributed by atoms with Crippen molar-refractivity contribution >= 4 is 27.3 Å². The first-order valence-corrected chi connectivity index (χ1v) is 11.9. The Morgan fingerprint density at radius 1 is 0.939 bits per heavy atom. The van der Waals surface area contributed by atoms with Gasteiger partial charge in [0.05, 0.1) is 19.9 Å². The molecule has 0 heterocycles. The molecule has 3 aromatic rings. The van der Waals surface area contributed by atoms with Gasteiger partial charge in [-0.25, -0.2) is 8.42 Å². The quantitative estimate of drug-likeness (QED) is 0.503. The van der Waals surface area contributed by atoms with E-state index in [1.165, 1.54) is 20.3 Å². The van der Waals surface area contributed by atoms with E-state index >= 15 is 0 Å². The average molecular weight is 469 g/mol. The Morgan fingerprint density at radius 2 is 1.61 bits per heavy atom. The van der Waals surface area contributed by atoms with Gasteiger partial charge >= 0.3 is 0 Å². The third-order valence-corrected chi connectivity index (χ3v) is 6.98. The molecule has 0 aliphatic heterocycles. The van der Waals surface area contributed by atoms with Crippen LogP contribution in [0.2, 0.25) is 0 Å². The number of nitrogens with one attached hydrogen (secondary N) is 1. The number of amides is 1. The first kappa shape index (κ1) is 24.1. The number of anilines is 2. The Bertz CT molecular complexity index is 1210. The predicted molar refractivity (Wildman–Crippen MR) is 130 cm³/mol. The molecule has 0 aromatic heterocycles. The smallest absolute Gasteiger partial charge is 0.268 e. The van der Waals surface area contributed by atoms with Crippen molar-refractivity contribution in [3.05, 3.63) is 77.9 Å². The van der Waals surface area contributed by atoms with Gasteiger partial charge in [0.15, 0.2) is 0 Å². The largest absolute Gasteiger partial charge is 0.497 e. The van der Waals surface area contributed by atoms with Gasteiger partial charge in [-0.1, -0.05) is 25.1 Å². The van der Waals surface area contributed by atoms with E-state index in [9.17, 15) is 13.2 Å². The SMILES string of the molecule is CCc1ccc(NC(=O)CN(c2ccc(OC)cc2)S(=O)(=O)c2cc(C)ccc2OC)cc1. The number of rotatable bonds is 9. The first-order chi connectivity index (χ1) is 15.8. The zero-order valence-corrected chi connectivity index (χ0v) is 20.0. The Hall–Kier alpha value is -3.52. The van der Waals surface area contributed by atoms with E-state index in [2.05, 4.69) is 5.32 Å². The zero-order chi connectivity index (χ0) is 24.0. The fourth-order valence-electron chi connectivity index (χ4n) is 3.32. The van der Waals surface area contributed by atoms with Gasteiger partial charge in [0.2, 0.25) is 5.91 Å². The number of methoxy groups -OCH3 is 2. The molecule has 7 nitrogen and oxygen atoms in total. The van der Waals surface area contributed by atoms with Crippen molar-refractivity contribution in [3.8, 4) is 11.5 Å². The van der Waals surface area contributed by atoms with E-state index in [1.807, 2.05) is 19.1 Å². The summed E-state index contributed by atoms with van der Waals surface area (Å²) in [6, 6.07) is 18.8. The monoisotopic (exact) mass is 468 g/mol. The highest BCUT2D eigenvalue weighted by Crippen LogP contribution is 2.31. The van der Waals surface area contributed by atoms with Crippen molar-refractivity contribution in [3.63, 3.8) is 0 Å². The van der Waals surface area contributed by atoms with Crippen LogP contribution >= 0.6 is 0 Å². The van der Waals surface area contributed by atoms with Gasteiger partial charge in [-0.3, -0.25) is 9.10 Å². The Morgan fingerprint density at radius 3 is 2.18 bits per heavy atom. The predicted octanol–water partition coefficient (Wildman–Crippen LogP) is 4.41. The second-order valence-electron chi connectivity index (χ2n) is 7.46. The molecule has 0 aliphatic carbocycles. The highest BCUT2D eigenvalue weighted by atomic mass is 32.2. The van der Waals surface area contributed by atoms with E-state index in [-0.39, 0.29) is 10.6 Å². The summed E-state index contributed by atoms with van der Waals surface area (Å²) in [5.74, 6) is 0.310. The van der Waals surface area contributed by atoms with Crippen LogP contribution in [0.1, 0.15) is 18.1 Å². The molecule has 0 saturated heterocycles. The maximum absolute atomic E-state index is 13.7. The van der Waals surface area contributed by atoms with Crippen LogP contribution in [0.5, 0.6) is 11.5 Å². The molecule has 0 saturated carbocycles. The van der Waals surface area contributed by atoms with Crippen LogP contribution in [0.3, 0.4) is 0 Å². The summed E-state index contributed by atoms with van der Waals surface area (Å²) in [4.78, 5) is 12.9. The summed E-state index contributed by atoms with van der Waals surface area (Å²) in [5, 5.41) is 2.78. The normalized spacial score (nSPS) is 11.0. The van der Waals surface area contributed by atoms with Gasteiger partial charge < -0.3 is 14.8 Å². The minimum Gasteiger partial charge on any atom is -0.497 e. The maximum atomic E-state index is 13.7. The minimum absolute atomic E-state index is 0.0130. The van der Waals surface area contributed by atoms with Crippen molar-refractivity contribution in [2.24, 2.45) is 0 Å². The number of carbonyl (C=O) groups excluding carboxylic acids is 1. The standard InChI is InChI=1S/C25H28N2O5S/c1-5-19-7-9-20(10-8-19)26-25(28)17-27(21-11-13-22(31-3)14-12-21)33(29,30)24-16-18(2)6-15-23(24)32-4/h6-16H,5,17H2,1-4H3,(H,26,28). The Labute approximate surface area is 195 Å². The highest BCUT2D eigenvalue weighted by molar-refractivity contribution is 7.93. The molecular formula is C25H28N2O5S. The van der Waals surface area contributed by atoms with Gasteiger partial charge in [0.25, 0.3) is 10.0 Å². The molecule has 33 heavy (non-hydrogen) atoms. The summed E-state index contributed by atoms with van der Waals surface area (Å²) in [6.45, 7) is 3.43. The van der Waals surface area contributed by atoms with E-state index in [0.717, 1.165) is 21.9 Å². The number of carbonyl (C=O) groups is 1. The van der Waals surface area contributed by atoms with Crippen LogP contribution in [-0.2, 0) is 21.2 Å². The van der Waals surface area contributed by atoms with E-state index in [1.54, 1.807) is 55.5 Å². The third kappa shape index (κ3) is 5.64. The van der Waals surface area contributed by atoms with Crippen molar-refractivity contribution in [2.75, 3.05) is 30.4 Å². The second-order valence-corrected chi connectivity index (χ2v) is 9.29. The number of hydrogen-bond acceptors (Lipinski definition) is 5. The summed E-state index contributed by atoms with van der Waals surface area (Å²) in [7, 11) is -1.19. The van der Waals surface area contributed by atoms with Gasteiger partial charge in [0, 0.05) is 5.69 Å². The van der Waals surface area contributed by atoms with Crippen LogP contribution in [0.15, 0.2) is 71.6 Å². The zero-order valence-electron chi connectivity index (χ0n) is 19.2. The number of hydrogen-bond donors (Lipinski definition) is 1. The first-order valence-electron chi connectivity index (χ1n) is 10.5. The van der Waals surface area contributed by atoms with E-state index in [0.29, 0.717) is 17.1 Å². The molecule has 0 aliphatic rings. The number of nitrogens with zero attached hydrogens (tertiary/aromatic N) is 1. The maximum Gasteiger partial charge on any atom is 0.268 e. The van der Waals surface area contributed by atoms with Crippen molar-refractivity contribution in [1.29, 1.82) is 0 Å². The Kier molecular flexibility index (Phi) is 7.60. The van der Waals surface area contributed by atoms with E-state index < -0.39 is 22.5 Å². The number of aryl methyl sites for hydroxylation is 2. The van der Waals surface area contributed by atoms with Crippen LogP contribution in [0.25, 0.3) is 0 Å². The molecule has 1 amide bonds. The topological polar surface area (TPSA) is 84.9 Å². The second kappa shape index (κ2) is 10.4. The number of sulfonamides is 1.